The molecule has 1 N–H and O–H groups in total. The molecule has 8 heteroatoms. The minimum Gasteiger partial charge on any atom is -0.467 e. The molecule has 2 saturated heterocycles. The van der Waals surface area contributed by atoms with E-state index in [9.17, 15) is 0 Å². The van der Waals surface area contributed by atoms with Gasteiger partial charge in [0.1, 0.15) is 5.82 Å². The van der Waals surface area contributed by atoms with Gasteiger partial charge in [0.25, 0.3) is 0 Å². The monoisotopic (exact) mass is 357 g/mol. The Kier molecular flexibility index (Phi) is 5.17. The summed E-state index contributed by atoms with van der Waals surface area (Å²) in [7, 11) is 1.62. The van der Waals surface area contributed by atoms with Crippen molar-refractivity contribution in [2.45, 2.75) is 44.4 Å². The van der Waals surface area contributed by atoms with Gasteiger partial charge in [-0.15, -0.1) is 0 Å². The molecule has 26 heavy (non-hydrogen) atoms. The van der Waals surface area contributed by atoms with Crippen molar-refractivity contribution in [3.8, 4) is 6.01 Å². The Morgan fingerprint density at radius 1 is 0.962 bits per heavy atom. The summed E-state index contributed by atoms with van der Waals surface area (Å²) in [4.78, 5) is 26.0. The summed E-state index contributed by atoms with van der Waals surface area (Å²) in [6.07, 6.45) is 10.9. The molecule has 2 aromatic rings. The first-order valence-corrected chi connectivity index (χ1v) is 9.63. The van der Waals surface area contributed by atoms with Crippen LogP contribution in [0.2, 0.25) is 0 Å². The Labute approximate surface area is 154 Å². The highest BCUT2D eigenvalue weighted by atomic mass is 16.5. The van der Waals surface area contributed by atoms with Gasteiger partial charge in [0, 0.05) is 44.5 Å². The molecule has 8 nitrogen and oxygen atoms in total. The average molecular weight is 357 g/mol. The first-order valence-electron chi connectivity index (χ1n) is 9.63. The minimum atomic E-state index is 0.378. The van der Waals surface area contributed by atoms with E-state index in [0.29, 0.717) is 17.9 Å². The number of imidazole rings is 1. The van der Waals surface area contributed by atoms with Crippen molar-refractivity contribution in [3.63, 3.8) is 0 Å². The van der Waals surface area contributed by atoms with E-state index in [0.717, 1.165) is 50.8 Å². The molecule has 0 spiro atoms. The number of rotatable bonds is 4. The Morgan fingerprint density at radius 2 is 1.69 bits per heavy atom. The second kappa shape index (κ2) is 7.88. The molecule has 0 bridgehead atoms. The van der Waals surface area contributed by atoms with Gasteiger partial charge in [-0.2, -0.15) is 15.0 Å². The van der Waals surface area contributed by atoms with Gasteiger partial charge in [0.2, 0.25) is 11.9 Å². The zero-order chi connectivity index (χ0) is 17.8. The molecular formula is C18H27N7O. The quantitative estimate of drug-likeness (QED) is 0.899. The van der Waals surface area contributed by atoms with Crippen LogP contribution in [0.5, 0.6) is 6.01 Å². The zero-order valence-electron chi connectivity index (χ0n) is 15.4. The molecule has 0 amide bonds. The van der Waals surface area contributed by atoms with Gasteiger partial charge in [-0.3, -0.25) is 0 Å². The molecule has 2 aliphatic heterocycles. The maximum Gasteiger partial charge on any atom is 0.322 e. The first-order chi connectivity index (χ1) is 12.8. The number of piperidine rings is 1. The molecule has 0 saturated carbocycles. The number of hydrogen-bond acceptors (Lipinski definition) is 7. The Bertz CT molecular complexity index is 698. The van der Waals surface area contributed by atoms with E-state index < -0.39 is 0 Å². The molecule has 140 valence electrons. The normalized spacial score (nSPS) is 21.5. The van der Waals surface area contributed by atoms with Gasteiger partial charge in [0.05, 0.1) is 7.11 Å². The molecule has 0 radical (unpaired) electrons. The zero-order valence-corrected chi connectivity index (χ0v) is 15.4. The lowest BCUT2D eigenvalue weighted by Crippen LogP contribution is -2.36. The Hall–Kier alpha value is -2.38. The van der Waals surface area contributed by atoms with Gasteiger partial charge in [-0.05, 0) is 25.7 Å². The summed E-state index contributed by atoms with van der Waals surface area (Å²) < 4.78 is 5.37. The summed E-state index contributed by atoms with van der Waals surface area (Å²) in [5, 5.41) is 0. The summed E-state index contributed by atoms with van der Waals surface area (Å²) in [6.45, 7) is 3.81. The first kappa shape index (κ1) is 17.1. The molecule has 2 aromatic heterocycles. The summed E-state index contributed by atoms with van der Waals surface area (Å²) in [6, 6.07) is 0.398. The Balaban J connectivity index is 1.57. The van der Waals surface area contributed by atoms with Crippen molar-refractivity contribution in [1.82, 2.24) is 24.9 Å². The molecule has 0 aliphatic carbocycles. The molecular weight excluding hydrogens is 330 g/mol. The molecule has 0 aromatic carbocycles. The second-order valence-electron chi connectivity index (χ2n) is 7.08. The Morgan fingerprint density at radius 3 is 2.38 bits per heavy atom. The maximum atomic E-state index is 5.37. The predicted octanol–water partition coefficient (Wildman–Crippen LogP) is 2.37. The molecule has 1 atom stereocenters. The van der Waals surface area contributed by atoms with Crippen molar-refractivity contribution in [3.05, 3.63) is 18.2 Å². The van der Waals surface area contributed by atoms with E-state index >= 15 is 0 Å². The summed E-state index contributed by atoms with van der Waals surface area (Å²) in [5.74, 6) is 2.88. The van der Waals surface area contributed by atoms with Crippen LogP contribution in [-0.2, 0) is 0 Å². The number of nitrogens with one attached hydrogen (secondary N) is 1. The van der Waals surface area contributed by atoms with Crippen LogP contribution in [0.15, 0.2) is 12.4 Å². The van der Waals surface area contributed by atoms with Crippen LogP contribution in [-0.4, -0.2) is 58.2 Å². The third-order valence-electron chi connectivity index (χ3n) is 5.27. The van der Waals surface area contributed by atoms with E-state index in [1.54, 1.807) is 7.11 Å². The van der Waals surface area contributed by atoms with Gasteiger partial charge in [-0.1, -0.05) is 12.8 Å². The fourth-order valence-corrected chi connectivity index (χ4v) is 3.86. The lowest BCUT2D eigenvalue weighted by molar-refractivity contribution is 0.376. The maximum absolute atomic E-state index is 5.37. The molecule has 2 aliphatic rings. The smallest absolute Gasteiger partial charge is 0.322 e. The third kappa shape index (κ3) is 3.73. The van der Waals surface area contributed by atoms with Crippen LogP contribution < -0.4 is 14.5 Å². The summed E-state index contributed by atoms with van der Waals surface area (Å²) in [5.41, 5.74) is 0. The number of aromatic amines is 1. The van der Waals surface area contributed by atoms with E-state index in [1.165, 1.54) is 25.7 Å². The third-order valence-corrected chi connectivity index (χ3v) is 5.27. The van der Waals surface area contributed by atoms with E-state index in [4.69, 9.17) is 9.72 Å². The fraction of sp³-hybridized carbons (Fsp3) is 0.667. The van der Waals surface area contributed by atoms with Gasteiger partial charge in [-0.25, -0.2) is 4.98 Å². The molecule has 4 heterocycles. The number of H-pyrrole nitrogens is 1. The molecule has 4 rings (SSSR count). The van der Waals surface area contributed by atoms with E-state index in [1.807, 2.05) is 12.4 Å². The molecule has 1 unspecified atom stereocenters. The van der Waals surface area contributed by atoms with E-state index in [-0.39, 0.29) is 0 Å². The highest BCUT2D eigenvalue weighted by Gasteiger charge is 2.26. The lowest BCUT2D eigenvalue weighted by Gasteiger charge is -2.32. The van der Waals surface area contributed by atoms with Gasteiger partial charge in [0.15, 0.2) is 0 Å². The number of nitrogens with zero attached hydrogens (tertiary/aromatic N) is 6. The second-order valence-corrected chi connectivity index (χ2v) is 7.08. The highest BCUT2D eigenvalue weighted by molar-refractivity contribution is 5.41. The number of aromatic nitrogens is 5. The number of methoxy groups -OCH3 is 1. The van der Waals surface area contributed by atoms with Crippen LogP contribution in [0, 0.1) is 0 Å². The largest absolute Gasteiger partial charge is 0.467 e. The average Bonchev–Trinajstić information content (AvgIpc) is 3.10. The van der Waals surface area contributed by atoms with Crippen LogP contribution in [0.25, 0.3) is 0 Å². The molecule has 2 fully saturated rings. The van der Waals surface area contributed by atoms with Crippen LogP contribution in [0.1, 0.15) is 50.3 Å². The predicted molar refractivity (Wildman–Crippen MR) is 99.8 cm³/mol. The van der Waals surface area contributed by atoms with Crippen molar-refractivity contribution in [1.29, 1.82) is 0 Å². The standard InChI is InChI=1S/C18H27N7O/c1-26-18-22-16(24-10-4-2-3-5-11-24)21-17(23-18)25-12-6-7-14(13-25)15-19-8-9-20-15/h8-9,14H,2-7,10-13H2,1H3,(H,19,20). The van der Waals surface area contributed by atoms with Crippen LogP contribution >= 0.6 is 0 Å². The van der Waals surface area contributed by atoms with Crippen LogP contribution in [0.3, 0.4) is 0 Å². The number of ether oxygens (including phenoxy) is 1. The highest BCUT2D eigenvalue weighted by Crippen LogP contribution is 2.28. The number of hydrogen-bond donors (Lipinski definition) is 1. The van der Waals surface area contributed by atoms with Gasteiger partial charge < -0.3 is 19.5 Å². The number of anilines is 2. The van der Waals surface area contributed by atoms with Gasteiger partial charge >= 0.3 is 6.01 Å². The van der Waals surface area contributed by atoms with Crippen LogP contribution in [0.4, 0.5) is 11.9 Å². The van der Waals surface area contributed by atoms with Crippen molar-refractivity contribution in [2.75, 3.05) is 43.1 Å². The SMILES string of the molecule is COc1nc(N2CCCCCC2)nc(N2CCCC(c3ncc[nH]3)C2)n1. The lowest BCUT2D eigenvalue weighted by atomic mass is 9.98. The van der Waals surface area contributed by atoms with Crippen molar-refractivity contribution in [2.24, 2.45) is 0 Å². The minimum absolute atomic E-state index is 0.378. The topological polar surface area (TPSA) is 83.1 Å². The fourth-order valence-electron chi connectivity index (χ4n) is 3.86. The summed E-state index contributed by atoms with van der Waals surface area (Å²) >= 11 is 0. The van der Waals surface area contributed by atoms with Crippen molar-refractivity contribution < 1.29 is 4.74 Å². The van der Waals surface area contributed by atoms with Crippen molar-refractivity contribution >= 4 is 11.9 Å². The van der Waals surface area contributed by atoms with E-state index in [2.05, 4.69) is 29.7 Å².